The van der Waals surface area contributed by atoms with Crippen molar-refractivity contribution in [2.24, 2.45) is 0 Å². The smallest absolute Gasteiger partial charge is 0.255 e. The lowest BCUT2D eigenvalue weighted by atomic mass is 10.1. The Morgan fingerprint density at radius 2 is 1.68 bits per heavy atom. The van der Waals surface area contributed by atoms with Gasteiger partial charge in [-0.15, -0.1) is 11.6 Å². The van der Waals surface area contributed by atoms with E-state index in [0.717, 1.165) is 19.3 Å². The highest BCUT2D eigenvalue weighted by Gasteiger charge is 2.16. The van der Waals surface area contributed by atoms with Gasteiger partial charge in [0.1, 0.15) is 0 Å². The second-order valence-corrected chi connectivity index (χ2v) is 5.17. The Labute approximate surface area is 120 Å². The highest BCUT2D eigenvalue weighted by atomic mass is 35.5. The maximum absolute atomic E-state index is 12.3. The number of amides is 1. The van der Waals surface area contributed by atoms with Crippen LogP contribution in [0.2, 0.25) is 0 Å². The van der Waals surface area contributed by atoms with E-state index in [0.29, 0.717) is 6.42 Å². The summed E-state index contributed by atoms with van der Waals surface area (Å²) in [4.78, 5) is 12.9. The Morgan fingerprint density at radius 1 is 1.11 bits per heavy atom. The van der Waals surface area contributed by atoms with Gasteiger partial charge in [-0.2, -0.15) is 0 Å². The average molecular weight is 298 g/mol. The van der Waals surface area contributed by atoms with Crippen LogP contribution in [0.3, 0.4) is 0 Å². The average Bonchev–Trinajstić information content (AvgIpc) is 2.36. The molecule has 0 aliphatic rings. The van der Waals surface area contributed by atoms with Crippen LogP contribution in [0.15, 0.2) is 0 Å². The quantitative estimate of drug-likeness (QED) is 0.385. The molecule has 0 fully saturated rings. The molecule has 0 N–H and O–H groups in total. The van der Waals surface area contributed by atoms with Crippen LogP contribution in [0.5, 0.6) is 0 Å². The molecule has 0 saturated heterocycles. The zero-order valence-corrected chi connectivity index (χ0v) is 12.6. The van der Waals surface area contributed by atoms with Crippen LogP contribution in [-0.2, 0) is 4.79 Å². The van der Waals surface area contributed by atoms with Gasteiger partial charge in [-0.1, -0.05) is 45.4 Å². The first-order chi connectivity index (χ1) is 9.11. The van der Waals surface area contributed by atoms with E-state index < -0.39 is 13.0 Å². The van der Waals surface area contributed by atoms with Crippen LogP contribution in [0.1, 0.15) is 58.3 Å². The molecule has 0 aliphatic carbocycles. The van der Waals surface area contributed by atoms with Crippen molar-refractivity contribution in [3.05, 3.63) is 0 Å². The third kappa shape index (κ3) is 11.2. The summed E-state index contributed by atoms with van der Waals surface area (Å²) in [5.74, 6) is 0.00432. The van der Waals surface area contributed by atoms with Gasteiger partial charge in [0, 0.05) is 18.8 Å². The predicted octanol–water partition coefficient (Wildman–Crippen LogP) is 4.46. The maximum atomic E-state index is 12.3. The second-order valence-electron chi connectivity index (χ2n) is 4.79. The molecule has 5 heteroatoms. The van der Waals surface area contributed by atoms with Gasteiger partial charge >= 0.3 is 0 Å². The van der Waals surface area contributed by atoms with E-state index in [1.807, 2.05) is 0 Å². The number of nitrogens with zero attached hydrogens (tertiary/aromatic N) is 1. The summed E-state index contributed by atoms with van der Waals surface area (Å²) in [6.07, 6.45) is 5.71. The zero-order valence-electron chi connectivity index (χ0n) is 11.8. The lowest BCUT2D eigenvalue weighted by Gasteiger charge is -2.21. The highest BCUT2D eigenvalue weighted by molar-refractivity contribution is 6.18. The molecule has 2 nitrogen and oxygen atoms in total. The minimum Gasteiger partial charge on any atom is -0.336 e. The molecule has 114 valence electrons. The summed E-state index contributed by atoms with van der Waals surface area (Å²) < 4.78 is 24.6. The summed E-state index contributed by atoms with van der Waals surface area (Å²) in [6, 6.07) is 0. The third-order valence-corrected chi connectivity index (χ3v) is 3.23. The second kappa shape index (κ2) is 12.6. The zero-order chi connectivity index (χ0) is 14.5. The number of halogens is 3. The molecule has 0 bridgehead atoms. The van der Waals surface area contributed by atoms with Crippen molar-refractivity contribution >= 4 is 17.5 Å². The van der Waals surface area contributed by atoms with E-state index in [1.54, 1.807) is 0 Å². The van der Waals surface area contributed by atoms with Crippen LogP contribution < -0.4 is 0 Å². The molecule has 0 unspecified atom stereocenters. The Bertz CT molecular complexity index is 227. The molecule has 0 aliphatic heterocycles. The Kier molecular flexibility index (Phi) is 12.4. The number of hydrogen-bond donors (Lipinski definition) is 0. The number of carbonyl (C=O) groups excluding carboxylic acids is 1. The molecule has 0 saturated carbocycles. The number of rotatable bonds is 12. The number of alkyl halides is 3. The van der Waals surface area contributed by atoms with E-state index in [1.165, 1.54) is 30.6 Å². The summed E-state index contributed by atoms with van der Waals surface area (Å²) in [7, 11) is 0. The highest BCUT2D eigenvalue weighted by Crippen LogP contribution is 2.10. The fraction of sp³-hybridized carbons (Fsp3) is 0.929. The molecular weight excluding hydrogens is 272 g/mol. The largest absolute Gasteiger partial charge is 0.336 e. The minimum absolute atomic E-state index is 0.200. The van der Waals surface area contributed by atoms with Crippen LogP contribution in [0, 0.1) is 0 Å². The SMILES string of the molecule is CCCCCCCCCC(=O)N(CCCl)CC(F)F. The van der Waals surface area contributed by atoms with E-state index in [9.17, 15) is 13.6 Å². The van der Waals surface area contributed by atoms with Gasteiger partial charge in [-0.05, 0) is 6.42 Å². The van der Waals surface area contributed by atoms with Crippen molar-refractivity contribution in [3.8, 4) is 0 Å². The topological polar surface area (TPSA) is 20.3 Å². The van der Waals surface area contributed by atoms with Crippen LogP contribution in [-0.4, -0.2) is 36.2 Å². The summed E-state index contributed by atoms with van der Waals surface area (Å²) >= 11 is 5.52. The number of unbranched alkanes of at least 4 members (excludes halogenated alkanes) is 6. The Balaban J connectivity index is 3.68. The summed E-state index contributed by atoms with van der Waals surface area (Å²) in [6.45, 7) is 1.89. The third-order valence-electron chi connectivity index (χ3n) is 3.06. The molecule has 1 amide bonds. The van der Waals surface area contributed by atoms with E-state index in [-0.39, 0.29) is 18.3 Å². The van der Waals surface area contributed by atoms with Gasteiger partial charge in [-0.3, -0.25) is 4.79 Å². The van der Waals surface area contributed by atoms with Gasteiger partial charge in [0.25, 0.3) is 6.43 Å². The molecule has 0 spiro atoms. The molecule has 0 atom stereocenters. The molecule has 0 heterocycles. The van der Waals surface area contributed by atoms with Crippen molar-refractivity contribution in [1.82, 2.24) is 4.90 Å². The number of carbonyl (C=O) groups is 1. The summed E-state index contributed by atoms with van der Waals surface area (Å²) in [5.41, 5.74) is 0. The fourth-order valence-corrected chi connectivity index (χ4v) is 2.18. The van der Waals surface area contributed by atoms with E-state index in [4.69, 9.17) is 11.6 Å². The molecular formula is C14H26ClF2NO. The molecule has 0 aromatic rings. The number of hydrogen-bond acceptors (Lipinski definition) is 1. The first kappa shape index (κ1) is 18.6. The van der Waals surface area contributed by atoms with Crippen molar-refractivity contribution in [2.75, 3.05) is 19.0 Å². The van der Waals surface area contributed by atoms with Gasteiger partial charge in [0.2, 0.25) is 5.91 Å². The Hall–Kier alpha value is -0.380. The van der Waals surface area contributed by atoms with Crippen molar-refractivity contribution in [2.45, 2.75) is 64.7 Å². The van der Waals surface area contributed by atoms with Crippen molar-refractivity contribution in [3.63, 3.8) is 0 Å². The molecule has 19 heavy (non-hydrogen) atoms. The van der Waals surface area contributed by atoms with Gasteiger partial charge < -0.3 is 4.90 Å². The van der Waals surface area contributed by atoms with Crippen molar-refractivity contribution < 1.29 is 13.6 Å². The normalized spacial score (nSPS) is 11.0. The summed E-state index contributed by atoms with van der Waals surface area (Å²) in [5, 5.41) is 0. The van der Waals surface area contributed by atoms with E-state index in [2.05, 4.69) is 6.92 Å². The molecule has 0 aromatic carbocycles. The van der Waals surface area contributed by atoms with E-state index >= 15 is 0 Å². The molecule has 0 rings (SSSR count). The fourth-order valence-electron chi connectivity index (χ4n) is 1.98. The minimum atomic E-state index is -2.48. The molecule has 0 aromatic heterocycles. The standard InChI is InChI=1S/C14H26ClF2NO/c1-2-3-4-5-6-7-8-9-14(19)18(11-10-15)12-13(16)17/h13H,2-12H2,1H3. The molecule has 0 radical (unpaired) electrons. The van der Waals surface area contributed by atoms with Crippen LogP contribution >= 0.6 is 11.6 Å². The lowest BCUT2D eigenvalue weighted by molar-refractivity contribution is -0.133. The van der Waals surface area contributed by atoms with Crippen LogP contribution in [0.25, 0.3) is 0 Å². The Morgan fingerprint density at radius 3 is 2.21 bits per heavy atom. The predicted molar refractivity (Wildman–Crippen MR) is 75.9 cm³/mol. The first-order valence-corrected chi connectivity index (χ1v) is 7.77. The first-order valence-electron chi connectivity index (χ1n) is 7.23. The van der Waals surface area contributed by atoms with Crippen molar-refractivity contribution in [1.29, 1.82) is 0 Å². The van der Waals surface area contributed by atoms with Gasteiger partial charge in [-0.25, -0.2) is 8.78 Å². The van der Waals surface area contributed by atoms with Gasteiger partial charge in [0.15, 0.2) is 0 Å². The van der Waals surface area contributed by atoms with Gasteiger partial charge in [0.05, 0.1) is 6.54 Å². The lowest BCUT2D eigenvalue weighted by Crippen LogP contribution is -2.36. The maximum Gasteiger partial charge on any atom is 0.255 e. The monoisotopic (exact) mass is 297 g/mol. The van der Waals surface area contributed by atoms with Crippen LogP contribution in [0.4, 0.5) is 8.78 Å².